The van der Waals surface area contributed by atoms with E-state index in [9.17, 15) is 23.6 Å². The Balaban J connectivity index is 0.000000581. The zero-order valence-electron chi connectivity index (χ0n) is 63.5. The Morgan fingerprint density at radius 1 is 0.525 bits per heavy atom. The summed E-state index contributed by atoms with van der Waals surface area (Å²) < 4.78 is 78.1. The molecule has 25 nitrogen and oxygen atoms in total. The molecule has 101 heavy (non-hydrogen) atoms. The molecule has 8 N–H and O–H groups in total. The highest BCUT2D eigenvalue weighted by Gasteiger charge is 2.32. The Kier molecular flexibility index (Phi) is 54.8. The minimum atomic E-state index is -3.87. The van der Waals surface area contributed by atoms with E-state index in [0.29, 0.717) is 44.3 Å². The highest BCUT2D eigenvalue weighted by Crippen LogP contribution is 2.49. The first kappa shape index (κ1) is 92.6. The van der Waals surface area contributed by atoms with Crippen LogP contribution in [-0.2, 0) is 70.8 Å². The molecular formula is C74H136N10O15P2. The van der Waals surface area contributed by atoms with Crippen molar-refractivity contribution in [3.63, 3.8) is 0 Å². The summed E-state index contributed by atoms with van der Waals surface area (Å²) in [6, 6.07) is 9.51. The third kappa shape index (κ3) is 46.2. The molecule has 1 aromatic carbocycles. The van der Waals surface area contributed by atoms with Crippen molar-refractivity contribution in [3.05, 3.63) is 69.3 Å². The van der Waals surface area contributed by atoms with Gasteiger partial charge in [0.15, 0.2) is 28.1 Å². The van der Waals surface area contributed by atoms with E-state index in [1.54, 1.807) is 9.13 Å². The predicted molar refractivity (Wildman–Crippen MR) is 407 cm³/mol. The van der Waals surface area contributed by atoms with Gasteiger partial charge in [0.25, 0.3) is 11.1 Å². The Hall–Kier alpha value is -4.46. The fourth-order valence-electron chi connectivity index (χ4n) is 10.9. The van der Waals surface area contributed by atoms with Gasteiger partial charge in [-0.3, -0.25) is 28.7 Å². The van der Waals surface area contributed by atoms with E-state index in [-0.39, 0.29) is 88.2 Å². The molecule has 5 heterocycles. The summed E-state index contributed by atoms with van der Waals surface area (Å²) in [7, 11) is -7.44. The van der Waals surface area contributed by atoms with Gasteiger partial charge in [0, 0.05) is 26.3 Å². The maximum Gasteiger partial charge on any atom is 0.356 e. The molecule has 1 saturated heterocycles. The molecule has 1 aliphatic heterocycles. The lowest BCUT2D eigenvalue weighted by Gasteiger charge is -2.19. The number of ether oxygens (including phenoxy) is 6. The van der Waals surface area contributed by atoms with Gasteiger partial charge in [-0.25, -0.2) is 9.97 Å². The molecule has 0 radical (unpaired) electrons. The second-order valence-electron chi connectivity index (χ2n) is 26.0. The quantitative estimate of drug-likeness (QED) is 0.0156. The monoisotopic (exact) mass is 1470 g/mol. The van der Waals surface area contributed by atoms with Crippen LogP contribution in [0.25, 0.3) is 22.3 Å². The maximum atomic E-state index is 13.5. The van der Waals surface area contributed by atoms with Crippen molar-refractivity contribution in [3.8, 4) is 0 Å². The zero-order valence-corrected chi connectivity index (χ0v) is 65.3. The second-order valence-corrected chi connectivity index (χ2v) is 29.8. The van der Waals surface area contributed by atoms with E-state index in [1.807, 2.05) is 58.0 Å². The predicted octanol–water partition coefficient (Wildman–Crippen LogP) is 17.1. The van der Waals surface area contributed by atoms with Crippen LogP contribution < -0.4 is 22.6 Å². The summed E-state index contributed by atoms with van der Waals surface area (Å²) in [5, 5.41) is 8.59. The Bertz CT molecular complexity index is 2990. The molecule has 0 amide bonds. The van der Waals surface area contributed by atoms with Gasteiger partial charge in [-0.1, -0.05) is 271 Å². The van der Waals surface area contributed by atoms with E-state index < -0.39 is 38.4 Å². The van der Waals surface area contributed by atoms with Gasteiger partial charge in [0.2, 0.25) is 11.9 Å². The molecule has 27 heteroatoms. The number of benzene rings is 1. The summed E-state index contributed by atoms with van der Waals surface area (Å²) in [6.45, 7) is 20.1. The number of aromatic amines is 2. The Morgan fingerprint density at radius 3 is 1.27 bits per heavy atom. The van der Waals surface area contributed by atoms with Gasteiger partial charge in [0.1, 0.15) is 18.8 Å². The number of imidazole rings is 2. The molecule has 582 valence electrons. The van der Waals surface area contributed by atoms with Crippen LogP contribution in [0.1, 0.15) is 273 Å². The average molecular weight is 1470 g/mol. The summed E-state index contributed by atoms with van der Waals surface area (Å²) in [6.07, 6.45) is 46.1. The number of unbranched alkanes of at least 4 members (excludes halogenated alkanes) is 30. The van der Waals surface area contributed by atoms with Crippen LogP contribution in [-0.4, -0.2) is 140 Å². The third-order valence-electron chi connectivity index (χ3n) is 16.3. The van der Waals surface area contributed by atoms with Gasteiger partial charge >= 0.3 is 15.2 Å². The number of nitrogens with two attached hydrogens (primary N) is 2. The third-order valence-corrected chi connectivity index (χ3v) is 19.0. The largest absolute Gasteiger partial charge is 0.394 e. The van der Waals surface area contributed by atoms with Crippen LogP contribution >= 0.6 is 15.2 Å². The summed E-state index contributed by atoms with van der Waals surface area (Å²) in [5.74, 6) is -0.493. The van der Waals surface area contributed by atoms with Gasteiger partial charge < -0.3 is 72.6 Å². The minimum Gasteiger partial charge on any atom is -0.394 e. The first-order chi connectivity index (χ1) is 49.0. The molecule has 0 aliphatic carbocycles. The Morgan fingerprint density at radius 2 is 0.901 bits per heavy atom. The van der Waals surface area contributed by atoms with Crippen LogP contribution in [0.4, 0.5) is 11.9 Å². The topological polar surface area (TPSA) is 337 Å². The molecule has 1 fully saturated rings. The van der Waals surface area contributed by atoms with Crippen molar-refractivity contribution in [1.82, 2.24) is 39.0 Å². The molecule has 1 aliphatic rings. The number of nitrogens with zero attached hydrogens (tertiary/aromatic N) is 6. The van der Waals surface area contributed by atoms with Crippen molar-refractivity contribution < 1.29 is 61.1 Å². The van der Waals surface area contributed by atoms with E-state index >= 15 is 0 Å². The fourth-order valence-corrected chi connectivity index (χ4v) is 13.0. The lowest BCUT2D eigenvalue weighted by Crippen LogP contribution is -2.22. The van der Waals surface area contributed by atoms with Crippen molar-refractivity contribution in [1.29, 1.82) is 0 Å². The SMILES string of the molecule is CC.CC1(C)OCC(CO)O1.CCC.CCCCCCCCCCCCCCCCCCOCCOP(=O)(COCCn1cnc2c(=O)[nH]c(N)nc21)OCc1ccccc1.CCCCCCCCCCCCCCCCCCOCCOP(=O)(O)COCCn1cnc2c(=O)[nH]c(N)nc21. The lowest BCUT2D eigenvalue weighted by atomic mass is 10.0. The molecule has 3 unspecified atom stereocenters. The first-order valence-electron chi connectivity index (χ1n) is 38.5. The number of rotatable bonds is 56. The number of nitrogens with one attached hydrogen (secondary N) is 2. The number of aliphatic hydroxyl groups excluding tert-OH is 1. The van der Waals surface area contributed by atoms with E-state index in [4.69, 9.17) is 58.6 Å². The molecule has 0 saturated carbocycles. The van der Waals surface area contributed by atoms with Gasteiger partial charge in [-0.15, -0.1) is 0 Å². The molecule has 5 aromatic rings. The number of fused-ring (bicyclic) bond motifs is 2. The van der Waals surface area contributed by atoms with Crippen molar-refractivity contribution in [2.45, 2.75) is 299 Å². The van der Waals surface area contributed by atoms with E-state index in [2.05, 4.69) is 57.6 Å². The molecule has 3 atom stereocenters. The maximum absolute atomic E-state index is 13.5. The molecule has 4 aromatic heterocycles. The fraction of sp³-hybridized carbons (Fsp3) is 0.784. The van der Waals surface area contributed by atoms with Crippen molar-refractivity contribution in [2.75, 3.05) is 90.2 Å². The highest BCUT2D eigenvalue weighted by atomic mass is 31.2. The minimum absolute atomic E-state index is 0.00872. The number of hydrogen-bond donors (Lipinski definition) is 6. The number of aromatic nitrogens is 8. The zero-order chi connectivity index (χ0) is 73.9. The second kappa shape index (κ2) is 59.8. The van der Waals surface area contributed by atoms with Gasteiger partial charge in [0.05, 0.1) is 72.1 Å². The van der Waals surface area contributed by atoms with Crippen LogP contribution in [0.2, 0.25) is 0 Å². The van der Waals surface area contributed by atoms with Crippen molar-refractivity contribution >= 4 is 49.4 Å². The lowest BCUT2D eigenvalue weighted by molar-refractivity contribution is -0.142. The van der Waals surface area contributed by atoms with E-state index in [0.717, 1.165) is 31.2 Å². The van der Waals surface area contributed by atoms with Gasteiger partial charge in [-0.2, -0.15) is 9.97 Å². The smallest absolute Gasteiger partial charge is 0.356 e. The van der Waals surface area contributed by atoms with Crippen LogP contribution in [0.3, 0.4) is 0 Å². The number of nitrogen functional groups attached to an aromatic ring is 2. The van der Waals surface area contributed by atoms with Gasteiger partial charge in [-0.05, 0) is 32.3 Å². The van der Waals surface area contributed by atoms with Crippen LogP contribution in [0, 0.1) is 0 Å². The summed E-state index contributed by atoms with van der Waals surface area (Å²) >= 11 is 0. The van der Waals surface area contributed by atoms with Crippen LogP contribution in [0.15, 0.2) is 52.6 Å². The molecular weight excluding hydrogens is 1330 g/mol. The highest BCUT2D eigenvalue weighted by molar-refractivity contribution is 7.53. The number of aliphatic hydroxyl groups is 1. The Labute approximate surface area is 605 Å². The number of H-pyrrole nitrogens is 2. The number of hydrogen-bond acceptors (Lipinski definition) is 20. The average Bonchev–Trinajstić information content (AvgIpc) is 1.68. The summed E-state index contributed by atoms with van der Waals surface area (Å²) in [4.78, 5) is 54.9. The normalized spacial score (nSPS) is 14.5. The standard InChI is InChI=1S/C35H58N5O6P.C28H52N5O6P.C6H12O3.C3H8.C2H6/c1-2-3-4-5-6-7-8-9-10-11-12-13-14-15-16-20-24-43-26-27-45-47(42,46-28-31-21-18-17-19-22-31)30-44-25-23-40-29-37-32-33(40)38-35(36)39-34(32)41;1-2-3-4-5-6-7-8-9-10-11-12-13-14-15-16-17-19-37-21-22-39-40(35,36)24-38-20-18-33-23-30-25-26(33)31-28(29)32-27(25)34;1-6(2)8-4-5(3-7)9-6;1-3-2;1-2/h17-19,21-22,29H,2-16,20,23-28,30H2,1H3,(H3,36,38,39,41);23H,2-22,24H2,1H3,(H,35,36)(H3,29,31,32,34);5,7H,3-4H2,1-2H3;3H2,1-2H3;1-2H3. The first-order valence-corrected chi connectivity index (χ1v) is 42.0. The van der Waals surface area contributed by atoms with Crippen molar-refractivity contribution in [2.24, 2.45) is 0 Å². The van der Waals surface area contributed by atoms with Crippen LogP contribution in [0.5, 0.6) is 0 Å². The summed E-state index contributed by atoms with van der Waals surface area (Å²) in [5.41, 5.74) is 12.3. The molecule has 0 bridgehead atoms. The van der Waals surface area contributed by atoms with E-state index in [1.165, 1.54) is 199 Å². The molecule has 6 rings (SSSR count). The molecule has 0 spiro atoms. The number of anilines is 2.